The quantitative estimate of drug-likeness (QED) is 0.255. The Morgan fingerprint density at radius 3 is 2.53 bits per heavy atom. The summed E-state index contributed by atoms with van der Waals surface area (Å²) in [4.78, 5) is 37.7. The van der Waals surface area contributed by atoms with Crippen molar-refractivity contribution >= 4 is 23.3 Å². The summed E-state index contributed by atoms with van der Waals surface area (Å²) in [7, 11) is 0. The lowest BCUT2D eigenvalue weighted by Gasteiger charge is -2.26. The average molecular weight is 458 g/mol. The Bertz CT molecular complexity index is 1370. The fourth-order valence-electron chi connectivity index (χ4n) is 4.08. The number of esters is 1. The molecule has 3 heterocycles. The van der Waals surface area contributed by atoms with E-state index in [0.717, 1.165) is 0 Å². The molecule has 170 valence electrons. The van der Waals surface area contributed by atoms with Crippen LogP contribution < -0.4 is 4.90 Å². The first-order valence-electron chi connectivity index (χ1n) is 10.5. The van der Waals surface area contributed by atoms with Crippen LogP contribution in [-0.2, 0) is 4.74 Å². The maximum absolute atomic E-state index is 13.5. The number of aromatic nitrogens is 2. The van der Waals surface area contributed by atoms with Gasteiger partial charge in [0.2, 0.25) is 0 Å². The number of aromatic amines is 1. The number of rotatable bonds is 6. The second kappa shape index (κ2) is 8.32. The molecule has 5 rings (SSSR count). The lowest BCUT2D eigenvalue weighted by atomic mass is 9.97. The first-order valence-corrected chi connectivity index (χ1v) is 10.5. The third-order valence-corrected chi connectivity index (χ3v) is 5.60. The number of carbonyl (C=O) groups is 2. The van der Waals surface area contributed by atoms with Crippen LogP contribution in [-0.4, -0.2) is 33.6 Å². The van der Waals surface area contributed by atoms with Gasteiger partial charge in [-0.25, -0.2) is 4.79 Å². The third-order valence-electron chi connectivity index (χ3n) is 5.60. The van der Waals surface area contributed by atoms with Gasteiger partial charge in [-0.05, 0) is 61.0 Å². The molecule has 0 radical (unpaired) electrons. The summed E-state index contributed by atoms with van der Waals surface area (Å²) in [5, 5.41) is 18.3. The number of nitro benzene ring substituents is 1. The number of non-ortho nitro benzene ring substituents is 1. The summed E-state index contributed by atoms with van der Waals surface area (Å²) >= 11 is 0. The highest BCUT2D eigenvalue weighted by molar-refractivity contribution is 6.11. The molecule has 2 aromatic carbocycles. The summed E-state index contributed by atoms with van der Waals surface area (Å²) in [6, 6.07) is 15.4. The molecule has 0 saturated carbocycles. The van der Waals surface area contributed by atoms with E-state index < -0.39 is 16.9 Å². The SMILES string of the molecule is CCOC(=O)c1ccc(N2C(=O)c3n[nH]c(-c4ccco4)c3[C@@H]2c2ccc([N+](=O)[O-])cc2)cc1. The Kier molecular flexibility index (Phi) is 5.17. The van der Waals surface area contributed by atoms with Crippen LogP contribution in [0.15, 0.2) is 71.3 Å². The monoisotopic (exact) mass is 458 g/mol. The Labute approximate surface area is 192 Å². The standard InChI is InChI=1S/C24H18N4O6/c1-2-33-24(30)15-7-9-16(10-8-15)27-22(14-5-11-17(12-6-14)28(31)32)19-20(18-4-3-13-34-18)25-26-21(19)23(27)29/h3-13,22H,2H2,1H3,(H,25,26)/t22-/m0/s1. The predicted octanol–water partition coefficient (Wildman–Crippen LogP) is 4.50. The van der Waals surface area contributed by atoms with Crippen LogP contribution in [0.2, 0.25) is 0 Å². The molecule has 34 heavy (non-hydrogen) atoms. The molecular weight excluding hydrogens is 440 g/mol. The van der Waals surface area contributed by atoms with Gasteiger partial charge in [-0.3, -0.25) is 24.9 Å². The van der Waals surface area contributed by atoms with Gasteiger partial charge in [-0.15, -0.1) is 0 Å². The third kappa shape index (κ3) is 3.41. The number of hydrogen-bond acceptors (Lipinski definition) is 7. The second-order valence-electron chi connectivity index (χ2n) is 7.53. The predicted molar refractivity (Wildman–Crippen MR) is 120 cm³/mol. The summed E-state index contributed by atoms with van der Waals surface area (Å²) in [5.41, 5.74) is 2.86. The van der Waals surface area contributed by atoms with Gasteiger partial charge in [0, 0.05) is 23.4 Å². The molecule has 10 heteroatoms. The minimum Gasteiger partial charge on any atom is -0.463 e. The molecule has 4 aromatic rings. The summed E-state index contributed by atoms with van der Waals surface area (Å²) in [5.74, 6) is -0.300. The average Bonchev–Trinajstić information content (AvgIpc) is 3.57. The van der Waals surface area contributed by atoms with E-state index in [0.29, 0.717) is 33.8 Å². The summed E-state index contributed by atoms with van der Waals surface area (Å²) < 4.78 is 10.6. The van der Waals surface area contributed by atoms with Crippen LogP contribution in [0, 0.1) is 10.1 Å². The molecule has 10 nitrogen and oxygen atoms in total. The van der Waals surface area contributed by atoms with Gasteiger partial charge < -0.3 is 9.15 Å². The van der Waals surface area contributed by atoms with E-state index in [-0.39, 0.29) is 23.9 Å². The minimum absolute atomic E-state index is 0.0583. The van der Waals surface area contributed by atoms with E-state index >= 15 is 0 Å². The molecule has 0 spiro atoms. The fraction of sp³-hybridized carbons (Fsp3) is 0.125. The van der Waals surface area contributed by atoms with Crippen molar-refractivity contribution in [2.45, 2.75) is 13.0 Å². The second-order valence-corrected chi connectivity index (χ2v) is 7.53. The van der Waals surface area contributed by atoms with Crippen molar-refractivity contribution in [1.82, 2.24) is 10.2 Å². The van der Waals surface area contributed by atoms with E-state index in [4.69, 9.17) is 9.15 Å². The molecular formula is C24H18N4O6. The molecule has 0 fully saturated rings. The topological polar surface area (TPSA) is 132 Å². The Balaban J connectivity index is 1.62. The first-order chi connectivity index (χ1) is 16.5. The van der Waals surface area contributed by atoms with Gasteiger partial charge in [0.25, 0.3) is 11.6 Å². The number of anilines is 1. The number of nitrogens with one attached hydrogen (secondary N) is 1. The molecule has 1 amide bonds. The van der Waals surface area contributed by atoms with Gasteiger partial charge in [0.15, 0.2) is 11.5 Å². The van der Waals surface area contributed by atoms with E-state index in [9.17, 15) is 19.7 Å². The van der Waals surface area contributed by atoms with Gasteiger partial charge in [0.05, 0.1) is 29.4 Å². The number of hydrogen-bond donors (Lipinski definition) is 1. The molecule has 1 aliphatic rings. The number of nitrogens with zero attached hydrogens (tertiary/aromatic N) is 3. The fourth-order valence-corrected chi connectivity index (χ4v) is 4.08. The molecule has 0 saturated heterocycles. The van der Waals surface area contributed by atoms with Gasteiger partial charge in [-0.2, -0.15) is 5.10 Å². The first kappa shape index (κ1) is 21.1. The smallest absolute Gasteiger partial charge is 0.338 e. The molecule has 2 aromatic heterocycles. The number of amides is 1. The number of nitro groups is 1. The van der Waals surface area contributed by atoms with E-state index in [1.54, 1.807) is 60.4 Å². The highest BCUT2D eigenvalue weighted by Gasteiger charge is 2.44. The normalized spacial score (nSPS) is 14.8. The van der Waals surface area contributed by atoms with Crippen molar-refractivity contribution in [3.05, 3.63) is 99.4 Å². The Hall–Kier alpha value is -4.73. The van der Waals surface area contributed by atoms with Crippen LogP contribution in [0.5, 0.6) is 0 Å². The Morgan fingerprint density at radius 2 is 1.91 bits per heavy atom. The lowest BCUT2D eigenvalue weighted by molar-refractivity contribution is -0.384. The van der Waals surface area contributed by atoms with E-state index in [1.807, 2.05) is 0 Å². The van der Waals surface area contributed by atoms with Crippen molar-refractivity contribution in [2.24, 2.45) is 0 Å². The molecule has 1 N–H and O–H groups in total. The zero-order chi connectivity index (χ0) is 23.8. The number of carbonyl (C=O) groups excluding carboxylic acids is 2. The maximum atomic E-state index is 13.5. The minimum atomic E-state index is -0.629. The van der Waals surface area contributed by atoms with Crippen LogP contribution >= 0.6 is 0 Å². The van der Waals surface area contributed by atoms with Crippen LogP contribution in [0.3, 0.4) is 0 Å². The highest BCUT2D eigenvalue weighted by atomic mass is 16.6. The van der Waals surface area contributed by atoms with Crippen LogP contribution in [0.1, 0.15) is 44.9 Å². The van der Waals surface area contributed by atoms with E-state index in [1.165, 1.54) is 18.4 Å². The Morgan fingerprint density at radius 1 is 1.18 bits per heavy atom. The largest absolute Gasteiger partial charge is 0.463 e. The van der Waals surface area contributed by atoms with Crippen molar-refractivity contribution < 1.29 is 23.7 Å². The summed E-state index contributed by atoms with van der Waals surface area (Å²) in [6.07, 6.45) is 1.52. The molecule has 0 aliphatic carbocycles. The summed E-state index contributed by atoms with van der Waals surface area (Å²) in [6.45, 7) is 1.98. The van der Waals surface area contributed by atoms with Gasteiger partial charge in [-0.1, -0.05) is 0 Å². The number of benzene rings is 2. The van der Waals surface area contributed by atoms with E-state index in [2.05, 4.69) is 10.2 Å². The van der Waals surface area contributed by atoms with Gasteiger partial charge >= 0.3 is 5.97 Å². The number of fused-ring (bicyclic) bond motifs is 1. The highest BCUT2D eigenvalue weighted by Crippen LogP contribution is 2.45. The number of H-pyrrole nitrogens is 1. The zero-order valence-corrected chi connectivity index (χ0v) is 17.9. The molecule has 1 aliphatic heterocycles. The van der Waals surface area contributed by atoms with Crippen molar-refractivity contribution in [3.8, 4) is 11.5 Å². The van der Waals surface area contributed by atoms with Crippen molar-refractivity contribution in [2.75, 3.05) is 11.5 Å². The lowest BCUT2D eigenvalue weighted by Crippen LogP contribution is -2.29. The molecule has 0 bridgehead atoms. The molecule has 0 unspecified atom stereocenters. The van der Waals surface area contributed by atoms with Crippen LogP contribution in [0.4, 0.5) is 11.4 Å². The number of furan rings is 1. The number of ether oxygens (including phenoxy) is 1. The zero-order valence-electron chi connectivity index (χ0n) is 17.9. The van der Waals surface area contributed by atoms with Crippen molar-refractivity contribution in [3.63, 3.8) is 0 Å². The maximum Gasteiger partial charge on any atom is 0.338 e. The van der Waals surface area contributed by atoms with Crippen LogP contribution in [0.25, 0.3) is 11.5 Å². The molecule has 1 atom stereocenters. The van der Waals surface area contributed by atoms with Crippen molar-refractivity contribution in [1.29, 1.82) is 0 Å². The van der Waals surface area contributed by atoms with Gasteiger partial charge in [0.1, 0.15) is 5.69 Å².